The van der Waals surface area contributed by atoms with Gasteiger partial charge >= 0.3 is 6.36 Å². The van der Waals surface area contributed by atoms with Gasteiger partial charge in [-0.05, 0) is 30.7 Å². The number of ether oxygens (including phenoxy) is 2. The van der Waals surface area contributed by atoms with Crippen molar-refractivity contribution in [2.24, 2.45) is 0 Å². The van der Waals surface area contributed by atoms with E-state index in [2.05, 4.69) is 9.46 Å². The van der Waals surface area contributed by atoms with E-state index >= 15 is 0 Å². The first-order chi connectivity index (χ1) is 11.8. The Kier molecular flexibility index (Phi) is 6.27. The maximum absolute atomic E-state index is 12.4. The fourth-order valence-corrected chi connectivity index (χ4v) is 3.15. The molecule has 0 unspecified atom stereocenters. The van der Waals surface area contributed by atoms with Crippen LogP contribution in [0.3, 0.4) is 0 Å². The Hall–Kier alpha value is -2.26. The highest BCUT2D eigenvalue weighted by molar-refractivity contribution is 7.89. The van der Waals surface area contributed by atoms with Crippen molar-refractivity contribution >= 4 is 10.0 Å². The molecule has 0 aliphatic heterocycles. The van der Waals surface area contributed by atoms with Gasteiger partial charge in [-0.1, -0.05) is 30.3 Å². The van der Waals surface area contributed by atoms with Gasteiger partial charge < -0.3 is 9.47 Å². The summed E-state index contributed by atoms with van der Waals surface area (Å²) in [5.74, 6) is -0.127. The number of sulfonamides is 1. The molecule has 0 aliphatic carbocycles. The second kappa shape index (κ2) is 8.21. The minimum Gasteiger partial charge on any atom is -0.494 e. The standard InChI is InChI=1S/C16H16F3NO4S/c17-16(18,19)24-14-9-4-5-10-15(14)25(21,22)20-11-6-12-23-13-7-2-1-3-8-13/h1-5,7-10,20H,6,11-12H2. The van der Waals surface area contributed by atoms with Gasteiger partial charge in [0, 0.05) is 6.54 Å². The van der Waals surface area contributed by atoms with E-state index in [0.29, 0.717) is 12.2 Å². The second-order valence-electron chi connectivity index (χ2n) is 4.91. The topological polar surface area (TPSA) is 64.6 Å². The summed E-state index contributed by atoms with van der Waals surface area (Å²) in [6.45, 7) is 0.267. The zero-order valence-electron chi connectivity index (χ0n) is 13.0. The Balaban J connectivity index is 1.91. The minimum atomic E-state index is -4.98. The summed E-state index contributed by atoms with van der Waals surface area (Å²) in [5.41, 5.74) is 0. The quantitative estimate of drug-likeness (QED) is 0.719. The van der Waals surface area contributed by atoms with Crippen molar-refractivity contribution < 1.29 is 31.1 Å². The molecule has 0 spiro atoms. The summed E-state index contributed by atoms with van der Waals surface area (Å²) < 4.78 is 72.9. The van der Waals surface area contributed by atoms with Gasteiger partial charge in [-0.25, -0.2) is 13.1 Å². The predicted octanol–water partition coefficient (Wildman–Crippen LogP) is 3.33. The molecule has 0 amide bonds. The first kappa shape index (κ1) is 19.1. The average Bonchev–Trinajstić information content (AvgIpc) is 2.54. The third-order valence-corrected chi connectivity index (χ3v) is 4.49. The van der Waals surface area contributed by atoms with Crippen molar-refractivity contribution in [1.82, 2.24) is 4.72 Å². The van der Waals surface area contributed by atoms with Crippen LogP contribution in [0.1, 0.15) is 6.42 Å². The largest absolute Gasteiger partial charge is 0.573 e. The highest BCUT2D eigenvalue weighted by Crippen LogP contribution is 2.29. The second-order valence-corrected chi connectivity index (χ2v) is 6.64. The minimum absolute atomic E-state index is 0.00944. The molecule has 0 bridgehead atoms. The fraction of sp³-hybridized carbons (Fsp3) is 0.250. The summed E-state index contributed by atoms with van der Waals surface area (Å²) in [5, 5.41) is 0. The molecular formula is C16H16F3NO4S. The van der Waals surface area contributed by atoms with Gasteiger partial charge in [-0.3, -0.25) is 0 Å². The molecular weight excluding hydrogens is 359 g/mol. The highest BCUT2D eigenvalue weighted by atomic mass is 32.2. The van der Waals surface area contributed by atoms with Crippen LogP contribution >= 0.6 is 0 Å². The molecule has 2 aromatic carbocycles. The number of rotatable bonds is 8. The SMILES string of the molecule is O=S(=O)(NCCCOc1ccccc1)c1ccccc1OC(F)(F)F. The lowest BCUT2D eigenvalue weighted by molar-refractivity contribution is -0.275. The zero-order chi connectivity index (χ0) is 18.3. The van der Waals surface area contributed by atoms with Gasteiger partial charge in [0.1, 0.15) is 16.4 Å². The lowest BCUT2D eigenvalue weighted by atomic mass is 10.3. The first-order valence-corrected chi connectivity index (χ1v) is 8.78. The van der Waals surface area contributed by atoms with E-state index in [0.717, 1.165) is 12.1 Å². The Labute approximate surface area is 143 Å². The lowest BCUT2D eigenvalue weighted by Crippen LogP contribution is -2.27. The number of hydrogen-bond donors (Lipinski definition) is 1. The molecule has 2 aromatic rings. The van der Waals surface area contributed by atoms with Crippen LogP contribution in [0.25, 0.3) is 0 Å². The molecule has 5 nitrogen and oxygen atoms in total. The first-order valence-electron chi connectivity index (χ1n) is 7.30. The Morgan fingerprint density at radius 1 is 0.960 bits per heavy atom. The van der Waals surface area contributed by atoms with Crippen LogP contribution in [-0.2, 0) is 10.0 Å². The molecule has 9 heteroatoms. The molecule has 0 aromatic heterocycles. The molecule has 2 rings (SSSR count). The van der Waals surface area contributed by atoms with Crippen molar-refractivity contribution in [3.05, 3.63) is 54.6 Å². The number of alkyl halides is 3. The van der Waals surface area contributed by atoms with Crippen LogP contribution in [0.15, 0.2) is 59.5 Å². The van der Waals surface area contributed by atoms with Crippen LogP contribution < -0.4 is 14.2 Å². The smallest absolute Gasteiger partial charge is 0.494 e. The van der Waals surface area contributed by atoms with Crippen LogP contribution in [-0.4, -0.2) is 27.9 Å². The van der Waals surface area contributed by atoms with Gasteiger partial charge in [-0.15, -0.1) is 13.2 Å². The van der Waals surface area contributed by atoms with Crippen LogP contribution in [0.2, 0.25) is 0 Å². The molecule has 0 saturated carbocycles. The van der Waals surface area contributed by atoms with E-state index in [1.807, 2.05) is 6.07 Å². The van der Waals surface area contributed by atoms with Gasteiger partial charge in [0.2, 0.25) is 10.0 Å². The van der Waals surface area contributed by atoms with Crippen LogP contribution in [0.5, 0.6) is 11.5 Å². The van der Waals surface area contributed by atoms with E-state index < -0.39 is 27.0 Å². The van der Waals surface area contributed by atoms with Crippen LogP contribution in [0.4, 0.5) is 13.2 Å². The molecule has 1 N–H and O–H groups in total. The van der Waals surface area contributed by atoms with E-state index in [1.54, 1.807) is 24.3 Å². The maximum Gasteiger partial charge on any atom is 0.573 e. The summed E-state index contributed by atoms with van der Waals surface area (Å²) in [4.78, 5) is -0.573. The maximum atomic E-state index is 12.4. The molecule has 0 aliphatic rings. The summed E-state index contributed by atoms with van der Waals surface area (Å²) >= 11 is 0. The van der Waals surface area contributed by atoms with Gasteiger partial charge in [0.15, 0.2) is 0 Å². The van der Waals surface area contributed by atoms with E-state index in [9.17, 15) is 21.6 Å². The number of nitrogens with one attached hydrogen (secondary N) is 1. The Bertz CT molecular complexity index is 779. The average molecular weight is 375 g/mol. The zero-order valence-corrected chi connectivity index (χ0v) is 13.8. The van der Waals surface area contributed by atoms with Crippen molar-refractivity contribution in [2.45, 2.75) is 17.7 Å². The normalized spacial score (nSPS) is 12.0. The monoisotopic (exact) mass is 375 g/mol. The van der Waals surface area contributed by atoms with Gasteiger partial charge in [-0.2, -0.15) is 0 Å². The van der Waals surface area contributed by atoms with Crippen molar-refractivity contribution in [3.8, 4) is 11.5 Å². The Morgan fingerprint density at radius 3 is 2.28 bits per heavy atom. The van der Waals surface area contributed by atoms with Crippen LogP contribution in [0, 0.1) is 0 Å². The van der Waals surface area contributed by atoms with E-state index in [-0.39, 0.29) is 13.2 Å². The molecule has 25 heavy (non-hydrogen) atoms. The molecule has 0 saturated heterocycles. The number of hydrogen-bond acceptors (Lipinski definition) is 4. The predicted molar refractivity (Wildman–Crippen MR) is 84.9 cm³/mol. The number of halogens is 3. The van der Waals surface area contributed by atoms with Crippen molar-refractivity contribution in [3.63, 3.8) is 0 Å². The Morgan fingerprint density at radius 2 is 1.60 bits per heavy atom. The molecule has 0 radical (unpaired) electrons. The highest BCUT2D eigenvalue weighted by Gasteiger charge is 2.33. The summed E-state index contributed by atoms with van der Waals surface area (Å²) in [6, 6.07) is 13.5. The number of para-hydroxylation sites is 2. The van der Waals surface area contributed by atoms with Gasteiger partial charge in [0.25, 0.3) is 0 Å². The fourth-order valence-electron chi connectivity index (χ4n) is 1.94. The third-order valence-electron chi connectivity index (χ3n) is 2.99. The molecule has 0 atom stereocenters. The van der Waals surface area contributed by atoms with E-state index in [4.69, 9.17) is 4.74 Å². The lowest BCUT2D eigenvalue weighted by Gasteiger charge is -2.14. The molecule has 0 fully saturated rings. The molecule has 136 valence electrons. The van der Waals surface area contributed by atoms with E-state index in [1.165, 1.54) is 12.1 Å². The third kappa shape index (κ3) is 6.28. The van der Waals surface area contributed by atoms with Crippen molar-refractivity contribution in [1.29, 1.82) is 0 Å². The summed E-state index contributed by atoms with van der Waals surface area (Å²) in [7, 11) is -4.14. The van der Waals surface area contributed by atoms with Crippen molar-refractivity contribution in [2.75, 3.05) is 13.2 Å². The number of benzene rings is 2. The summed E-state index contributed by atoms with van der Waals surface area (Å²) in [6.07, 6.45) is -4.63. The molecule has 0 heterocycles. The van der Waals surface area contributed by atoms with Gasteiger partial charge in [0.05, 0.1) is 6.61 Å².